The summed E-state index contributed by atoms with van der Waals surface area (Å²) in [5, 5.41) is 9.19. The Labute approximate surface area is 131 Å². The molecule has 1 atom stereocenters. The van der Waals surface area contributed by atoms with Crippen molar-refractivity contribution in [3.63, 3.8) is 0 Å². The fourth-order valence-corrected chi connectivity index (χ4v) is 3.28. The van der Waals surface area contributed by atoms with Gasteiger partial charge in [0.15, 0.2) is 0 Å². The number of aliphatic hydroxyl groups excluding tert-OH is 1. The second kappa shape index (κ2) is 6.55. The number of benzene rings is 1. The van der Waals surface area contributed by atoms with Gasteiger partial charge in [0.05, 0.1) is 24.0 Å². The molecule has 1 N–H and O–H groups in total. The maximum Gasteiger partial charge on any atom is 0.0933 e. The smallest absolute Gasteiger partial charge is 0.0933 e. The first-order valence-electron chi connectivity index (χ1n) is 7.97. The summed E-state index contributed by atoms with van der Waals surface area (Å²) in [4.78, 5) is 11.8. The Morgan fingerprint density at radius 2 is 1.91 bits per heavy atom. The minimum absolute atomic E-state index is 0.0668. The van der Waals surface area contributed by atoms with E-state index in [4.69, 9.17) is 0 Å². The van der Waals surface area contributed by atoms with Crippen LogP contribution in [-0.2, 0) is 6.61 Å². The Bertz CT molecular complexity index is 624. The van der Waals surface area contributed by atoms with Crippen molar-refractivity contribution in [1.82, 2.24) is 14.9 Å². The molecule has 4 nitrogen and oxygen atoms in total. The lowest BCUT2D eigenvalue weighted by molar-refractivity contribution is 0.202. The number of hydrogen-bond donors (Lipinski definition) is 1. The number of likely N-dealkylation sites (tertiary alicyclic amines) is 1. The van der Waals surface area contributed by atoms with Gasteiger partial charge in [-0.25, -0.2) is 0 Å². The highest BCUT2D eigenvalue weighted by Crippen LogP contribution is 2.36. The van der Waals surface area contributed by atoms with Crippen molar-refractivity contribution in [2.75, 3.05) is 6.54 Å². The number of nitrogens with zero attached hydrogens (tertiary/aromatic N) is 3. The highest BCUT2D eigenvalue weighted by atomic mass is 16.3. The van der Waals surface area contributed by atoms with Gasteiger partial charge in [-0.3, -0.25) is 14.9 Å². The van der Waals surface area contributed by atoms with E-state index in [9.17, 15) is 5.11 Å². The quantitative estimate of drug-likeness (QED) is 0.941. The van der Waals surface area contributed by atoms with Crippen LogP contribution in [0.3, 0.4) is 0 Å². The van der Waals surface area contributed by atoms with Crippen molar-refractivity contribution in [3.05, 3.63) is 47.9 Å². The van der Waals surface area contributed by atoms with E-state index in [1.807, 2.05) is 24.3 Å². The summed E-state index contributed by atoms with van der Waals surface area (Å²) in [6, 6.07) is 8.80. The van der Waals surface area contributed by atoms with Crippen molar-refractivity contribution >= 4 is 0 Å². The summed E-state index contributed by atoms with van der Waals surface area (Å²) in [6.45, 7) is 5.67. The summed E-state index contributed by atoms with van der Waals surface area (Å²) in [7, 11) is 0. The zero-order valence-corrected chi connectivity index (χ0v) is 13.2. The Balaban J connectivity index is 1.99. The lowest BCUT2D eigenvalue weighted by Gasteiger charge is -2.28. The van der Waals surface area contributed by atoms with Gasteiger partial charge in [-0.05, 0) is 38.8 Å². The molecule has 1 saturated heterocycles. The fraction of sp³-hybridized carbons (Fsp3) is 0.444. The summed E-state index contributed by atoms with van der Waals surface area (Å²) in [6.07, 6.45) is 5.89. The van der Waals surface area contributed by atoms with Crippen molar-refractivity contribution in [2.45, 2.75) is 45.4 Å². The van der Waals surface area contributed by atoms with Gasteiger partial charge in [0, 0.05) is 24.0 Å². The molecule has 2 heterocycles. The first kappa shape index (κ1) is 15.1. The maximum absolute atomic E-state index is 9.19. The molecule has 0 radical (unpaired) electrons. The molecular weight excluding hydrogens is 274 g/mol. The third-order valence-corrected chi connectivity index (χ3v) is 4.41. The third kappa shape index (κ3) is 2.89. The molecule has 0 bridgehead atoms. The molecular formula is C18H23N3O. The first-order valence-corrected chi connectivity index (χ1v) is 7.97. The topological polar surface area (TPSA) is 49.2 Å². The van der Waals surface area contributed by atoms with Gasteiger partial charge in [0.2, 0.25) is 0 Å². The van der Waals surface area contributed by atoms with Crippen LogP contribution >= 0.6 is 0 Å². The van der Waals surface area contributed by atoms with Gasteiger partial charge in [-0.1, -0.05) is 24.3 Å². The predicted octanol–water partition coefficient (Wildman–Crippen LogP) is 3.18. The van der Waals surface area contributed by atoms with E-state index in [1.54, 1.807) is 12.4 Å². The zero-order chi connectivity index (χ0) is 15.5. The van der Waals surface area contributed by atoms with E-state index in [0.29, 0.717) is 12.1 Å². The summed E-state index contributed by atoms with van der Waals surface area (Å²) in [5.41, 5.74) is 4.02. The molecule has 1 aliphatic rings. The number of rotatable bonds is 4. The Morgan fingerprint density at radius 1 is 1.18 bits per heavy atom. The van der Waals surface area contributed by atoms with Gasteiger partial charge in [-0.2, -0.15) is 0 Å². The summed E-state index contributed by atoms with van der Waals surface area (Å²) < 4.78 is 0. The molecule has 1 aromatic heterocycles. The molecule has 0 amide bonds. The minimum Gasteiger partial charge on any atom is -0.392 e. The van der Waals surface area contributed by atoms with Gasteiger partial charge in [0.25, 0.3) is 0 Å². The maximum atomic E-state index is 9.19. The average molecular weight is 297 g/mol. The normalized spacial score (nSPS) is 19.0. The number of hydrogen-bond acceptors (Lipinski definition) is 4. The summed E-state index contributed by atoms with van der Waals surface area (Å²) in [5.74, 6) is 0. The third-order valence-electron chi connectivity index (χ3n) is 4.41. The Hall–Kier alpha value is -1.78. The van der Waals surface area contributed by atoms with Crippen molar-refractivity contribution < 1.29 is 5.11 Å². The molecule has 1 fully saturated rings. The molecule has 116 valence electrons. The molecule has 2 aromatic rings. The monoisotopic (exact) mass is 297 g/mol. The highest BCUT2D eigenvalue weighted by Gasteiger charge is 2.31. The lowest BCUT2D eigenvalue weighted by atomic mass is 10.0. The van der Waals surface area contributed by atoms with Crippen LogP contribution < -0.4 is 0 Å². The minimum atomic E-state index is 0.0668. The van der Waals surface area contributed by atoms with Crippen molar-refractivity contribution in [1.29, 1.82) is 0 Å². The molecule has 1 aromatic carbocycles. The van der Waals surface area contributed by atoms with Crippen LogP contribution in [0.2, 0.25) is 0 Å². The molecule has 0 saturated carbocycles. The highest BCUT2D eigenvalue weighted by molar-refractivity contribution is 5.62. The van der Waals surface area contributed by atoms with Crippen LogP contribution in [0.5, 0.6) is 0 Å². The predicted molar refractivity (Wildman–Crippen MR) is 87.2 cm³/mol. The van der Waals surface area contributed by atoms with Gasteiger partial charge < -0.3 is 5.11 Å². The van der Waals surface area contributed by atoms with Crippen LogP contribution in [-0.4, -0.2) is 32.6 Å². The second-order valence-corrected chi connectivity index (χ2v) is 6.13. The molecule has 3 rings (SSSR count). The van der Waals surface area contributed by atoms with Crippen LogP contribution in [0, 0.1) is 0 Å². The largest absolute Gasteiger partial charge is 0.392 e. The molecule has 0 unspecified atom stereocenters. The van der Waals surface area contributed by atoms with E-state index in [-0.39, 0.29) is 6.61 Å². The molecule has 22 heavy (non-hydrogen) atoms. The van der Waals surface area contributed by atoms with Crippen LogP contribution in [0.25, 0.3) is 11.3 Å². The number of aliphatic hydroxyl groups is 1. The second-order valence-electron chi connectivity index (χ2n) is 6.13. The van der Waals surface area contributed by atoms with Gasteiger partial charge in [0.1, 0.15) is 0 Å². The SMILES string of the molecule is CC(C)N1CCC[C@@H]1c1nccnc1-c1ccc(CO)cc1. The summed E-state index contributed by atoms with van der Waals surface area (Å²) >= 11 is 0. The van der Waals surface area contributed by atoms with E-state index >= 15 is 0 Å². The Morgan fingerprint density at radius 3 is 2.59 bits per heavy atom. The fourth-order valence-electron chi connectivity index (χ4n) is 3.28. The van der Waals surface area contributed by atoms with Crippen molar-refractivity contribution in [2.24, 2.45) is 0 Å². The average Bonchev–Trinajstić information content (AvgIpc) is 3.05. The van der Waals surface area contributed by atoms with Gasteiger partial charge in [-0.15, -0.1) is 0 Å². The first-order chi connectivity index (χ1) is 10.7. The molecule has 0 aliphatic carbocycles. The van der Waals surface area contributed by atoms with Crippen LogP contribution in [0.15, 0.2) is 36.7 Å². The van der Waals surface area contributed by atoms with Crippen LogP contribution in [0.1, 0.15) is 44.0 Å². The Kier molecular flexibility index (Phi) is 4.50. The number of aromatic nitrogens is 2. The molecule has 1 aliphatic heterocycles. The van der Waals surface area contributed by atoms with Gasteiger partial charge >= 0.3 is 0 Å². The zero-order valence-electron chi connectivity index (χ0n) is 13.2. The molecule has 4 heteroatoms. The van der Waals surface area contributed by atoms with E-state index in [2.05, 4.69) is 28.7 Å². The van der Waals surface area contributed by atoms with E-state index in [0.717, 1.165) is 35.5 Å². The van der Waals surface area contributed by atoms with Crippen LogP contribution in [0.4, 0.5) is 0 Å². The van der Waals surface area contributed by atoms with Crippen molar-refractivity contribution in [3.8, 4) is 11.3 Å². The lowest BCUT2D eigenvalue weighted by Crippen LogP contribution is -2.31. The van der Waals surface area contributed by atoms with E-state index in [1.165, 1.54) is 6.42 Å². The molecule has 0 spiro atoms. The van der Waals surface area contributed by atoms with E-state index < -0.39 is 0 Å². The standard InChI is InChI=1S/C18H23N3O/c1-13(2)21-11-3-4-16(21)18-17(19-9-10-20-18)15-7-5-14(12-22)6-8-15/h5-10,13,16,22H,3-4,11-12H2,1-2H3/t16-/m1/s1.